The highest BCUT2D eigenvalue weighted by molar-refractivity contribution is 6.09. The van der Waals surface area contributed by atoms with Crippen molar-refractivity contribution >= 4 is 32.4 Å². The molecule has 2 heterocycles. The molecule has 10 rings (SSSR count). The number of nitrogens with zero attached hydrogens (tertiary/aromatic N) is 3. The topological polar surface area (TPSA) is 38.7 Å². The molecule has 1 aliphatic rings. The van der Waals surface area contributed by atoms with Crippen molar-refractivity contribution in [1.82, 2.24) is 15.0 Å². The minimum atomic E-state index is -0.125. The lowest BCUT2D eigenvalue weighted by Crippen LogP contribution is -2.15. The summed E-state index contributed by atoms with van der Waals surface area (Å²) in [5.41, 5.74) is 13.6. The van der Waals surface area contributed by atoms with Crippen molar-refractivity contribution in [1.29, 1.82) is 0 Å². The normalized spacial score (nSPS) is 13.1. The predicted octanol–water partition coefficient (Wildman–Crippen LogP) is 12.3. The Balaban J connectivity index is 1.20. The number of fused-ring (bicyclic) bond motifs is 7. The van der Waals surface area contributed by atoms with Gasteiger partial charge < -0.3 is 0 Å². The van der Waals surface area contributed by atoms with Gasteiger partial charge in [0, 0.05) is 33.7 Å². The quantitative estimate of drug-likeness (QED) is 0.190. The summed E-state index contributed by atoms with van der Waals surface area (Å²) in [5.74, 6) is 0.698. The molecule has 0 amide bonds. The Morgan fingerprint density at radius 2 is 1.08 bits per heavy atom. The minimum Gasteiger partial charge on any atom is -0.256 e. The Hall–Kier alpha value is -6.45. The molecule has 0 aliphatic heterocycles. The van der Waals surface area contributed by atoms with Crippen LogP contribution in [0.25, 0.3) is 88.6 Å². The summed E-state index contributed by atoms with van der Waals surface area (Å²) in [6, 6.07) is 56.3. The molecule has 0 N–H and O–H groups in total. The number of aromatic nitrogens is 3. The Morgan fingerprint density at radius 1 is 0.451 bits per heavy atom. The highest BCUT2D eigenvalue weighted by Gasteiger charge is 2.38. The molecule has 0 saturated heterocycles. The summed E-state index contributed by atoms with van der Waals surface area (Å²) >= 11 is 0. The van der Waals surface area contributed by atoms with Gasteiger partial charge in [-0.2, -0.15) is 0 Å². The molecule has 2 aromatic heterocycles. The Morgan fingerprint density at radius 3 is 1.90 bits per heavy atom. The first-order chi connectivity index (χ1) is 25.1. The molecule has 240 valence electrons. The van der Waals surface area contributed by atoms with Crippen LogP contribution in [-0.4, -0.2) is 15.0 Å². The molecule has 0 atom stereocenters. The van der Waals surface area contributed by atoms with Gasteiger partial charge in [-0.05, 0) is 73.1 Å². The van der Waals surface area contributed by atoms with Crippen LogP contribution in [0, 0.1) is 0 Å². The fourth-order valence-electron chi connectivity index (χ4n) is 8.40. The largest absolute Gasteiger partial charge is 0.256 e. The lowest BCUT2D eigenvalue weighted by molar-refractivity contribution is 0.666. The number of pyridine rings is 1. The van der Waals surface area contributed by atoms with Gasteiger partial charge in [0.15, 0.2) is 5.82 Å². The predicted molar refractivity (Wildman–Crippen MR) is 212 cm³/mol. The summed E-state index contributed by atoms with van der Waals surface area (Å²) in [6.07, 6.45) is 1.84. The summed E-state index contributed by atoms with van der Waals surface area (Å²) in [7, 11) is 0. The van der Waals surface area contributed by atoms with Crippen molar-refractivity contribution < 1.29 is 0 Å². The van der Waals surface area contributed by atoms with E-state index in [9.17, 15) is 0 Å². The van der Waals surface area contributed by atoms with E-state index in [-0.39, 0.29) is 5.41 Å². The van der Waals surface area contributed by atoms with Crippen LogP contribution >= 0.6 is 0 Å². The fraction of sp³-hybridized carbons (Fsp3) is 0.0625. The van der Waals surface area contributed by atoms with Crippen LogP contribution in [0.5, 0.6) is 0 Å². The molecule has 0 bridgehead atoms. The van der Waals surface area contributed by atoms with E-state index in [1.807, 2.05) is 36.5 Å². The first kappa shape index (κ1) is 29.5. The minimum absolute atomic E-state index is 0.125. The first-order valence-corrected chi connectivity index (χ1v) is 17.5. The fourth-order valence-corrected chi connectivity index (χ4v) is 8.40. The third kappa shape index (κ3) is 4.55. The van der Waals surface area contributed by atoms with Crippen LogP contribution in [0.4, 0.5) is 0 Å². The number of rotatable bonds is 4. The molecule has 51 heavy (non-hydrogen) atoms. The van der Waals surface area contributed by atoms with Crippen LogP contribution in [0.3, 0.4) is 0 Å². The molecular formula is C48H33N3. The van der Waals surface area contributed by atoms with Gasteiger partial charge in [-0.25, -0.2) is 9.97 Å². The average Bonchev–Trinajstić information content (AvgIpc) is 3.44. The van der Waals surface area contributed by atoms with Gasteiger partial charge in [0.1, 0.15) is 0 Å². The van der Waals surface area contributed by atoms with Gasteiger partial charge in [-0.15, -0.1) is 0 Å². The average molecular weight is 652 g/mol. The zero-order valence-electron chi connectivity index (χ0n) is 28.4. The van der Waals surface area contributed by atoms with Crippen LogP contribution in [0.1, 0.15) is 25.0 Å². The van der Waals surface area contributed by atoms with Crippen LogP contribution in [0.15, 0.2) is 164 Å². The third-order valence-corrected chi connectivity index (χ3v) is 10.7. The number of hydrogen-bond donors (Lipinski definition) is 0. The van der Waals surface area contributed by atoms with E-state index in [0.29, 0.717) is 5.82 Å². The van der Waals surface area contributed by atoms with Gasteiger partial charge in [0.05, 0.1) is 16.9 Å². The second-order valence-electron chi connectivity index (χ2n) is 14.0. The van der Waals surface area contributed by atoms with Gasteiger partial charge in [-0.3, -0.25) is 4.98 Å². The van der Waals surface area contributed by atoms with Crippen LogP contribution < -0.4 is 0 Å². The second kappa shape index (κ2) is 11.3. The van der Waals surface area contributed by atoms with Crippen molar-refractivity contribution in [3.63, 3.8) is 0 Å². The molecular weight excluding hydrogens is 619 g/mol. The zero-order chi connectivity index (χ0) is 34.1. The van der Waals surface area contributed by atoms with Gasteiger partial charge in [0.25, 0.3) is 0 Å². The van der Waals surface area contributed by atoms with Crippen molar-refractivity contribution in [3.8, 4) is 56.2 Å². The second-order valence-corrected chi connectivity index (χ2v) is 14.0. The Kier molecular flexibility index (Phi) is 6.53. The number of hydrogen-bond acceptors (Lipinski definition) is 3. The molecule has 0 saturated carbocycles. The van der Waals surface area contributed by atoms with Crippen molar-refractivity contribution in [2.24, 2.45) is 0 Å². The maximum absolute atomic E-state index is 5.24. The highest BCUT2D eigenvalue weighted by atomic mass is 14.9. The van der Waals surface area contributed by atoms with E-state index < -0.39 is 0 Å². The monoisotopic (exact) mass is 651 g/mol. The maximum Gasteiger partial charge on any atom is 0.160 e. The maximum atomic E-state index is 5.24. The van der Waals surface area contributed by atoms with Crippen molar-refractivity contribution in [2.45, 2.75) is 19.3 Å². The van der Waals surface area contributed by atoms with Crippen LogP contribution in [0.2, 0.25) is 0 Å². The summed E-state index contributed by atoms with van der Waals surface area (Å²) in [5, 5.41) is 6.04. The van der Waals surface area contributed by atoms with Gasteiger partial charge >= 0.3 is 0 Å². The van der Waals surface area contributed by atoms with E-state index in [1.165, 1.54) is 49.5 Å². The molecule has 0 fully saturated rings. The molecule has 0 unspecified atom stereocenters. The number of benzene rings is 7. The molecule has 3 nitrogen and oxygen atoms in total. The highest BCUT2D eigenvalue weighted by Crippen LogP contribution is 2.55. The SMILES string of the molecule is CC1(C)c2cccc(-c3ccc(-c4cc(-c5cccc6ncccc56)nc(-c5ccccc5)n4)c4ccccc34)c2-c2ccc3ccccc3c21. The molecule has 0 radical (unpaired) electrons. The van der Waals surface area contributed by atoms with Crippen LogP contribution in [-0.2, 0) is 5.41 Å². The molecule has 1 aliphatic carbocycles. The van der Waals surface area contributed by atoms with Crippen molar-refractivity contribution in [3.05, 3.63) is 175 Å². The lowest BCUT2D eigenvalue weighted by atomic mass is 9.80. The van der Waals surface area contributed by atoms with Crippen molar-refractivity contribution in [2.75, 3.05) is 0 Å². The Bertz CT molecular complexity index is 2830. The summed E-state index contributed by atoms with van der Waals surface area (Å²) in [4.78, 5) is 15.0. The van der Waals surface area contributed by atoms with Gasteiger partial charge in [-0.1, -0.05) is 153 Å². The molecule has 0 spiro atoms. The van der Waals surface area contributed by atoms with E-state index in [0.717, 1.165) is 44.4 Å². The summed E-state index contributed by atoms with van der Waals surface area (Å²) < 4.78 is 0. The standard InChI is InChI=1S/C48H33N3/c1-48(2)41-22-10-20-39(45(41)40-25-24-30-13-6-7-16-32(30)46(40)48)35-26-27-38(34-18-9-8-17-33(34)35)44-29-43(50-47(51-44)31-14-4-3-5-15-31)37-19-11-23-42-36(37)21-12-28-49-42/h3-29H,1-2H3. The van der Waals surface area contributed by atoms with Gasteiger partial charge in [0.2, 0.25) is 0 Å². The van der Waals surface area contributed by atoms with E-state index >= 15 is 0 Å². The smallest absolute Gasteiger partial charge is 0.160 e. The summed E-state index contributed by atoms with van der Waals surface area (Å²) in [6.45, 7) is 4.75. The molecule has 7 aromatic carbocycles. The first-order valence-electron chi connectivity index (χ1n) is 17.5. The zero-order valence-corrected chi connectivity index (χ0v) is 28.4. The van der Waals surface area contributed by atoms with E-state index in [1.54, 1.807) is 0 Å². The Labute approximate surface area is 297 Å². The van der Waals surface area contributed by atoms with E-state index in [4.69, 9.17) is 9.97 Å². The third-order valence-electron chi connectivity index (χ3n) is 10.7. The molecule has 3 heteroatoms. The van der Waals surface area contributed by atoms with E-state index in [2.05, 4.69) is 146 Å². The lowest BCUT2D eigenvalue weighted by Gasteiger charge is -2.23. The molecule has 9 aromatic rings.